The maximum absolute atomic E-state index is 13.8. The first kappa shape index (κ1) is 31.2. The van der Waals surface area contributed by atoms with Crippen molar-refractivity contribution < 1.29 is 28.2 Å². The van der Waals surface area contributed by atoms with Crippen LogP contribution in [0.5, 0.6) is 5.75 Å². The van der Waals surface area contributed by atoms with Crippen LogP contribution in [0, 0.1) is 17.6 Å². The largest absolute Gasteiger partial charge is 0.491 e. The fourth-order valence-electron chi connectivity index (χ4n) is 5.37. The Morgan fingerprint density at radius 3 is 2.16 bits per heavy atom. The number of nitrogens with one attached hydrogen (secondary N) is 1. The minimum absolute atomic E-state index is 0.00186. The topological polar surface area (TPSA) is 80.6 Å². The molecule has 0 radical (unpaired) electrons. The predicted molar refractivity (Wildman–Crippen MR) is 172 cm³/mol. The van der Waals surface area contributed by atoms with Crippen molar-refractivity contribution in [3.05, 3.63) is 138 Å². The molecule has 0 bridgehead atoms. The highest BCUT2D eigenvalue weighted by Crippen LogP contribution is 2.34. The number of allylic oxidation sites excluding steroid dienone is 1. The summed E-state index contributed by atoms with van der Waals surface area (Å²) in [6, 6.07) is 27.4. The maximum Gasteiger partial charge on any atom is 0.303 e. The normalized spacial score (nSPS) is 11.7. The van der Waals surface area contributed by atoms with Crippen molar-refractivity contribution in [3.63, 3.8) is 0 Å². The van der Waals surface area contributed by atoms with Crippen LogP contribution in [0.15, 0.2) is 109 Å². The molecule has 0 aliphatic rings. The number of halogens is 2. The number of anilines is 1. The van der Waals surface area contributed by atoms with Crippen molar-refractivity contribution in [1.82, 2.24) is 4.57 Å². The summed E-state index contributed by atoms with van der Waals surface area (Å²) in [6.45, 7) is 4.26. The molecule has 2 N–H and O–H groups in total. The minimum atomic E-state index is -0.887. The molecular formula is C37H34F2N2O4. The molecular weight excluding hydrogens is 574 g/mol. The van der Waals surface area contributed by atoms with E-state index >= 15 is 0 Å². The molecule has 0 unspecified atom stereocenters. The highest BCUT2D eigenvalue weighted by atomic mass is 19.1. The van der Waals surface area contributed by atoms with Gasteiger partial charge in [-0.25, -0.2) is 8.78 Å². The number of carboxylic acid groups (broad SMARTS) is 1. The van der Waals surface area contributed by atoms with Gasteiger partial charge in [0, 0.05) is 29.6 Å². The Morgan fingerprint density at radius 1 is 0.889 bits per heavy atom. The van der Waals surface area contributed by atoms with Crippen LogP contribution in [-0.2, 0) is 9.59 Å². The molecule has 0 aliphatic heterocycles. The third kappa shape index (κ3) is 7.65. The van der Waals surface area contributed by atoms with Crippen LogP contribution in [0.3, 0.4) is 0 Å². The summed E-state index contributed by atoms with van der Waals surface area (Å²) in [4.78, 5) is 24.0. The molecule has 0 aliphatic carbocycles. The van der Waals surface area contributed by atoms with E-state index in [0.717, 1.165) is 33.2 Å². The number of carbonyl (C=O) groups excluding carboxylic acids is 1. The van der Waals surface area contributed by atoms with Gasteiger partial charge in [-0.2, -0.15) is 0 Å². The lowest BCUT2D eigenvalue weighted by Gasteiger charge is -2.22. The van der Waals surface area contributed by atoms with Gasteiger partial charge in [0.1, 0.15) is 17.4 Å². The van der Waals surface area contributed by atoms with Crippen LogP contribution in [0.25, 0.3) is 16.5 Å². The van der Waals surface area contributed by atoms with Gasteiger partial charge >= 0.3 is 5.97 Å². The van der Waals surface area contributed by atoms with E-state index in [4.69, 9.17) is 9.84 Å². The lowest BCUT2D eigenvalue weighted by molar-refractivity contribution is -0.137. The molecule has 0 saturated carbocycles. The van der Waals surface area contributed by atoms with E-state index in [1.807, 2.05) is 44.3 Å². The first-order valence-corrected chi connectivity index (χ1v) is 14.8. The number of aliphatic carboxylic acids is 1. The van der Waals surface area contributed by atoms with Gasteiger partial charge in [-0.15, -0.1) is 0 Å². The fourth-order valence-corrected chi connectivity index (χ4v) is 5.37. The Kier molecular flexibility index (Phi) is 9.73. The van der Waals surface area contributed by atoms with Gasteiger partial charge in [0.25, 0.3) is 0 Å². The predicted octanol–water partition coefficient (Wildman–Crippen LogP) is 8.48. The monoisotopic (exact) mass is 608 g/mol. The molecule has 0 saturated heterocycles. The van der Waals surface area contributed by atoms with Crippen molar-refractivity contribution in [2.75, 3.05) is 11.9 Å². The van der Waals surface area contributed by atoms with Crippen LogP contribution >= 0.6 is 0 Å². The summed E-state index contributed by atoms with van der Waals surface area (Å²) >= 11 is 0. The average Bonchev–Trinajstić information content (AvgIpc) is 3.43. The number of fused-ring (bicyclic) bond motifs is 1. The number of aromatic nitrogens is 1. The lowest BCUT2D eigenvalue weighted by atomic mass is 9.93. The van der Waals surface area contributed by atoms with E-state index in [1.54, 1.807) is 54.6 Å². The molecule has 6 nitrogen and oxygen atoms in total. The Labute approximate surface area is 260 Å². The average molecular weight is 609 g/mol. The number of hydrogen-bond donors (Lipinski definition) is 2. The zero-order valence-corrected chi connectivity index (χ0v) is 25.0. The van der Waals surface area contributed by atoms with Crippen molar-refractivity contribution in [2.24, 2.45) is 5.92 Å². The van der Waals surface area contributed by atoms with E-state index in [2.05, 4.69) is 9.88 Å². The van der Waals surface area contributed by atoms with E-state index in [-0.39, 0.29) is 42.5 Å². The number of benzene rings is 4. The standard InChI is InChI=1S/C37H34F2N2O4/c1-24(2)31(23-35(42)40-32-6-3-4-7-34(32)45-21-5-8-36(43)44)27-13-18-33-28(22-27)19-20-41(33)37(25-9-14-29(38)15-10-25)26-11-16-30(39)17-12-26/h3-4,6-7,9-20,22-24,37H,5,8,21H2,1-2H3,(H,40,42)(H,43,44). The van der Waals surface area contributed by atoms with E-state index in [1.165, 1.54) is 24.3 Å². The number of rotatable bonds is 12. The number of amides is 1. The fraction of sp³-hybridized carbons (Fsp3) is 0.189. The van der Waals surface area contributed by atoms with Gasteiger partial charge in [-0.3, -0.25) is 9.59 Å². The highest BCUT2D eigenvalue weighted by molar-refractivity contribution is 6.05. The smallest absolute Gasteiger partial charge is 0.303 e. The Bertz CT molecular complexity index is 1780. The van der Waals surface area contributed by atoms with Gasteiger partial charge in [-0.05, 0) is 89.2 Å². The van der Waals surface area contributed by atoms with Gasteiger partial charge in [0.05, 0.1) is 18.3 Å². The third-order valence-electron chi connectivity index (χ3n) is 7.55. The molecule has 4 aromatic carbocycles. The molecule has 45 heavy (non-hydrogen) atoms. The Morgan fingerprint density at radius 2 is 1.53 bits per heavy atom. The molecule has 8 heteroatoms. The number of carboxylic acids is 1. The van der Waals surface area contributed by atoms with Gasteiger partial charge in [-0.1, -0.05) is 56.3 Å². The summed E-state index contributed by atoms with van der Waals surface area (Å²) in [7, 11) is 0. The van der Waals surface area contributed by atoms with Crippen LogP contribution in [0.4, 0.5) is 14.5 Å². The van der Waals surface area contributed by atoms with Crippen molar-refractivity contribution in [1.29, 1.82) is 0 Å². The Hall–Kier alpha value is -5.24. The van der Waals surface area contributed by atoms with E-state index < -0.39 is 5.97 Å². The molecule has 1 heterocycles. The number of nitrogens with zero attached hydrogens (tertiary/aromatic N) is 1. The third-order valence-corrected chi connectivity index (χ3v) is 7.55. The van der Waals surface area contributed by atoms with Crippen LogP contribution in [0.2, 0.25) is 0 Å². The quantitative estimate of drug-likeness (QED) is 0.110. The molecule has 230 valence electrons. The molecule has 1 amide bonds. The van der Waals surface area contributed by atoms with E-state index in [9.17, 15) is 18.4 Å². The van der Waals surface area contributed by atoms with Crippen molar-refractivity contribution in [3.8, 4) is 5.75 Å². The first-order valence-electron chi connectivity index (χ1n) is 14.8. The molecule has 0 atom stereocenters. The molecule has 5 rings (SSSR count). The molecule has 0 fully saturated rings. The van der Waals surface area contributed by atoms with Crippen molar-refractivity contribution >= 4 is 34.0 Å². The Balaban J connectivity index is 1.43. The van der Waals surface area contributed by atoms with Gasteiger partial charge < -0.3 is 19.7 Å². The van der Waals surface area contributed by atoms with Gasteiger partial charge in [0.2, 0.25) is 5.91 Å². The van der Waals surface area contributed by atoms with Crippen LogP contribution in [-0.4, -0.2) is 28.2 Å². The van der Waals surface area contributed by atoms with E-state index in [0.29, 0.717) is 17.9 Å². The first-order chi connectivity index (χ1) is 21.7. The number of carbonyl (C=O) groups is 2. The summed E-state index contributed by atoms with van der Waals surface area (Å²) in [5, 5.41) is 12.7. The lowest BCUT2D eigenvalue weighted by Crippen LogP contribution is -2.12. The second-order valence-corrected chi connectivity index (χ2v) is 11.1. The zero-order valence-electron chi connectivity index (χ0n) is 25.0. The second-order valence-electron chi connectivity index (χ2n) is 11.1. The summed E-state index contributed by atoms with van der Waals surface area (Å²) < 4.78 is 35.4. The summed E-state index contributed by atoms with van der Waals surface area (Å²) in [6.07, 6.45) is 3.91. The molecule has 5 aromatic rings. The zero-order chi connectivity index (χ0) is 31.9. The SMILES string of the molecule is CC(C)C(=CC(=O)Nc1ccccc1OCCCC(=O)O)c1ccc2c(ccn2C(c2ccc(F)cc2)c2ccc(F)cc2)c1. The van der Waals surface area contributed by atoms with Crippen molar-refractivity contribution in [2.45, 2.75) is 32.7 Å². The minimum Gasteiger partial charge on any atom is -0.491 e. The summed E-state index contributed by atoms with van der Waals surface area (Å²) in [5.41, 5.74) is 4.88. The molecule has 0 spiro atoms. The van der Waals surface area contributed by atoms with Crippen LogP contribution in [0.1, 0.15) is 49.4 Å². The number of para-hydroxylation sites is 2. The number of ether oxygens (including phenoxy) is 1. The molecule has 1 aromatic heterocycles. The second kappa shape index (κ2) is 14.0. The highest BCUT2D eigenvalue weighted by Gasteiger charge is 2.20. The number of hydrogen-bond acceptors (Lipinski definition) is 3. The maximum atomic E-state index is 13.8. The summed E-state index contributed by atoms with van der Waals surface area (Å²) in [5.74, 6) is -1.36. The van der Waals surface area contributed by atoms with Gasteiger partial charge in [0.15, 0.2) is 0 Å². The van der Waals surface area contributed by atoms with Crippen LogP contribution < -0.4 is 10.1 Å².